The van der Waals surface area contributed by atoms with E-state index in [0.717, 1.165) is 12.8 Å². The van der Waals surface area contributed by atoms with Crippen LogP contribution >= 0.6 is 11.8 Å². The maximum atomic E-state index is 14.3. The number of carbonyl (C=O) groups excluding carboxylic acids is 2. The lowest BCUT2D eigenvalue weighted by molar-refractivity contribution is -0.113. The molecular weight excluding hydrogens is 441 g/mol. The van der Waals surface area contributed by atoms with Crippen molar-refractivity contribution in [2.24, 2.45) is 0 Å². The monoisotopic (exact) mass is 467 g/mol. The van der Waals surface area contributed by atoms with Crippen molar-refractivity contribution >= 4 is 29.3 Å². The zero-order chi connectivity index (χ0) is 23.4. The standard InChI is InChI=1S/C24H26FN5O2S/c1-3-29(4-2)23(32)16-8-7-9-17(14-16)26-21(31)15-33-24-28-27-22(30(24)18-12-13-18)19-10-5-6-11-20(19)25/h5-11,14,18H,3-4,12-13,15H2,1-2H3,(H,26,31). The lowest BCUT2D eigenvalue weighted by atomic mass is 10.1. The average Bonchev–Trinajstić information content (AvgIpc) is 3.58. The Morgan fingerprint density at radius 1 is 1.12 bits per heavy atom. The maximum absolute atomic E-state index is 14.3. The van der Waals surface area contributed by atoms with Crippen molar-refractivity contribution in [3.05, 3.63) is 59.9 Å². The molecule has 1 aromatic heterocycles. The number of hydrogen-bond donors (Lipinski definition) is 1. The van der Waals surface area contributed by atoms with Crippen molar-refractivity contribution in [3.8, 4) is 11.4 Å². The lowest BCUT2D eigenvalue weighted by Crippen LogP contribution is -2.30. The number of thioether (sulfide) groups is 1. The zero-order valence-corrected chi connectivity index (χ0v) is 19.4. The molecule has 7 nitrogen and oxygen atoms in total. The molecule has 9 heteroatoms. The first-order valence-corrected chi connectivity index (χ1v) is 12.0. The highest BCUT2D eigenvalue weighted by Gasteiger charge is 2.31. The highest BCUT2D eigenvalue weighted by molar-refractivity contribution is 7.99. The molecule has 0 spiro atoms. The Morgan fingerprint density at radius 2 is 1.88 bits per heavy atom. The van der Waals surface area contributed by atoms with Gasteiger partial charge in [-0.1, -0.05) is 30.0 Å². The van der Waals surface area contributed by atoms with Crippen LogP contribution in [-0.4, -0.2) is 50.3 Å². The van der Waals surface area contributed by atoms with E-state index in [9.17, 15) is 14.0 Å². The molecule has 2 aromatic carbocycles. The first-order chi connectivity index (χ1) is 16.0. The molecule has 0 atom stereocenters. The van der Waals surface area contributed by atoms with Gasteiger partial charge in [0.2, 0.25) is 5.91 Å². The van der Waals surface area contributed by atoms with E-state index in [2.05, 4.69) is 15.5 Å². The second kappa shape index (κ2) is 10.2. The normalized spacial score (nSPS) is 13.1. The summed E-state index contributed by atoms with van der Waals surface area (Å²) in [6.07, 6.45) is 1.96. The van der Waals surface area contributed by atoms with E-state index in [1.807, 2.05) is 18.4 Å². The lowest BCUT2D eigenvalue weighted by Gasteiger charge is -2.19. The largest absolute Gasteiger partial charge is 0.339 e. The fourth-order valence-electron chi connectivity index (χ4n) is 3.61. The van der Waals surface area contributed by atoms with Crippen molar-refractivity contribution in [2.45, 2.75) is 37.9 Å². The number of aromatic nitrogens is 3. The predicted octanol–water partition coefficient (Wildman–Crippen LogP) is 4.63. The second-order valence-electron chi connectivity index (χ2n) is 7.78. The first kappa shape index (κ1) is 23.0. The third kappa shape index (κ3) is 5.24. The van der Waals surface area contributed by atoms with Crippen LogP contribution in [0.4, 0.5) is 10.1 Å². The highest BCUT2D eigenvalue weighted by atomic mass is 32.2. The van der Waals surface area contributed by atoms with E-state index in [1.54, 1.807) is 47.4 Å². The molecule has 0 aliphatic heterocycles. The molecule has 1 saturated carbocycles. The Bertz CT molecular complexity index is 1160. The molecule has 1 heterocycles. The third-order valence-electron chi connectivity index (χ3n) is 5.47. The molecule has 1 aliphatic rings. The van der Waals surface area contributed by atoms with Crippen LogP contribution < -0.4 is 5.32 Å². The van der Waals surface area contributed by atoms with Gasteiger partial charge in [-0.3, -0.25) is 14.2 Å². The summed E-state index contributed by atoms with van der Waals surface area (Å²) in [5.74, 6) is -0.0219. The van der Waals surface area contributed by atoms with Crippen LogP contribution in [0.5, 0.6) is 0 Å². The Kier molecular flexibility index (Phi) is 7.08. The quantitative estimate of drug-likeness (QED) is 0.464. The molecule has 33 heavy (non-hydrogen) atoms. The van der Waals surface area contributed by atoms with E-state index in [1.165, 1.54) is 17.8 Å². The minimum atomic E-state index is -0.347. The van der Waals surface area contributed by atoms with Gasteiger partial charge in [0.15, 0.2) is 11.0 Å². The van der Waals surface area contributed by atoms with Crippen LogP contribution in [-0.2, 0) is 4.79 Å². The minimum absolute atomic E-state index is 0.0660. The summed E-state index contributed by atoms with van der Waals surface area (Å²) in [4.78, 5) is 26.9. The molecule has 4 rings (SSSR count). The fourth-order valence-corrected chi connectivity index (χ4v) is 4.42. The Balaban J connectivity index is 1.44. The smallest absolute Gasteiger partial charge is 0.253 e. The number of rotatable bonds is 9. The van der Waals surface area contributed by atoms with Gasteiger partial charge in [-0.25, -0.2) is 4.39 Å². The van der Waals surface area contributed by atoms with Gasteiger partial charge in [-0.05, 0) is 57.0 Å². The van der Waals surface area contributed by atoms with Crippen LogP contribution in [0.1, 0.15) is 43.1 Å². The number of halogens is 1. The summed E-state index contributed by atoms with van der Waals surface area (Å²) >= 11 is 1.27. The number of nitrogens with one attached hydrogen (secondary N) is 1. The van der Waals surface area contributed by atoms with Gasteiger partial charge in [0.1, 0.15) is 5.82 Å². The Labute approximate surface area is 196 Å². The summed E-state index contributed by atoms with van der Waals surface area (Å²) in [5, 5.41) is 11.9. The summed E-state index contributed by atoms with van der Waals surface area (Å²) in [5.41, 5.74) is 1.50. The van der Waals surface area contributed by atoms with E-state index >= 15 is 0 Å². The highest BCUT2D eigenvalue weighted by Crippen LogP contribution is 2.41. The number of hydrogen-bond acceptors (Lipinski definition) is 5. The van der Waals surface area contributed by atoms with Gasteiger partial charge in [-0.15, -0.1) is 10.2 Å². The van der Waals surface area contributed by atoms with E-state index in [4.69, 9.17) is 0 Å². The van der Waals surface area contributed by atoms with Gasteiger partial charge in [0, 0.05) is 30.4 Å². The first-order valence-electron chi connectivity index (χ1n) is 11.0. The Morgan fingerprint density at radius 3 is 2.58 bits per heavy atom. The number of nitrogens with zero attached hydrogens (tertiary/aromatic N) is 4. The van der Waals surface area contributed by atoms with Crippen molar-refractivity contribution in [1.82, 2.24) is 19.7 Å². The molecular formula is C24H26FN5O2S. The van der Waals surface area contributed by atoms with Gasteiger partial charge in [-0.2, -0.15) is 0 Å². The molecule has 0 unspecified atom stereocenters. The molecule has 1 N–H and O–H groups in total. The van der Waals surface area contributed by atoms with Crippen molar-refractivity contribution < 1.29 is 14.0 Å². The number of amides is 2. The molecule has 3 aromatic rings. The van der Waals surface area contributed by atoms with Crippen LogP contribution in [0, 0.1) is 5.82 Å². The minimum Gasteiger partial charge on any atom is -0.339 e. The van der Waals surface area contributed by atoms with Gasteiger partial charge in [0.25, 0.3) is 5.91 Å². The van der Waals surface area contributed by atoms with Gasteiger partial charge < -0.3 is 10.2 Å². The summed E-state index contributed by atoms with van der Waals surface area (Å²) in [7, 11) is 0. The van der Waals surface area contributed by atoms with Crippen molar-refractivity contribution in [1.29, 1.82) is 0 Å². The molecule has 1 aliphatic carbocycles. The van der Waals surface area contributed by atoms with E-state index < -0.39 is 0 Å². The molecule has 2 amide bonds. The van der Waals surface area contributed by atoms with Crippen LogP contribution in [0.3, 0.4) is 0 Å². The predicted molar refractivity (Wildman–Crippen MR) is 127 cm³/mol. The Hall–Kier alpha value is -3.20. The van der Waals surface area contributed by atoms with Gasteiger partial charge >= 0.3 is 0 Å². The van der Waals surface area contributed by atoms with Crippen LogP contribution in [0.2, 0.25) is 0 Å². The summed E-state index contributed by atoms with van der Waals surface area (Å²) in [6.45, 7) is 5.11. The fraction of sp³-hybridized carbons (Fsp3) is 0.333. The second-order valence-corrected chi connectivity index (χ2v) is 8.72. The number of carbonyl (C=O) groups is 2. The molecule has 1 fully saturated rings. The number of anilines is 1. The molecule has 0 saturated heterocycles. The van der Waals surface area contributed by atoms with E-state index in [0.29, 0.717) is 40.9 Å². The van der Waals surface area contributed by atoms with Crippen LogP contribution in [0.15, 0.2) is 53.7 Å². The van der Waals surface area contributed by atoms with E-state index in [-0.39, 0.29) is 29.4 Å². The van der Waals surface area contributed by atoms with Crippen molar-refractivity contribution in [3.63, 3.8) is 0 Å². The number of benzene rings is 2. The summed E-state index contributed by atoms with van der Waals surface area (Å²) < 4.78 is 16.2. The summed E-state index contributed by atoms with van der Waals surface area (Å²) in [6, 6.07) is 13.7. The van der Waals surface area contributed by atoms with Crippen molar-refractivity contribution in [2.75, 3.05) is 24.2 Å². The average molecular weight is 468 g/mol. The topological polar surface area (TPSA) is 80.1 Å². The van der Waals surface area contributed by atoms with Crippen LogP contribution in [0.25, 0.3) is 11.4 Å². The van der Waals surface area contributed by atoms with Gasteiger partial charge in [0.05, 0.1) is 11.3 Å². The third-order valence-corrected chi connectivity index (χ3v) is 6.41. The molecule has 0 radical (unpaired) electrons. The maximum Gasteiger partial charge on any atom is 0.253 e. The molecule has 172 valence electrons. The molecule has 0 bridgehead atoms. The SMILES string of the molecule is CCN(CC)C(=O)c1cccc(NC(=O)CSc2nnc(-c3ccccc3F)n2C2CC2)c1. The zero-order valence-electron chi connectivity index (χ0n) is 18.6.